The van der Waals surface area contributed by atoms with Crippen LogP contribution in [0.2, 0.25) is 0 Å². The van der Waals surface area contributed by atoms with Crippen LogP contribution in [0.5, 0.6) is 0 Å². The number of hydrazine groups is 1. The third kappa shape index (κ3) is 9.89. The predicted octanol–water partition coefficient (Wildman–Crippen LogP) is 5.44. The van der Waals surface area contributed by atoms with Crippen LogP contribution in [0.1, 0.15) is 112 Å². The van der Waals surface area contributed by atoms with Crippen molar-refractivity contribution in [2.24, 2.45) is 10.7 Å². The number of hydrazone groups is 1. The minimum atomic E-state index is 0. The third-order valence-corrected chi connectivity index (χ3v) is 8.85. The Labute approximate surface area is 337 Å². The number of halogens is 2. The Morgan fingerprint density at radius 2 is 0.882 bits per heavy atom. The molecule has 0 atom stereocenters. The minimum absolute atomic E-state index is 0. The Bertz CT molecular complexity index is 1830. The number of para-hydroxylation sites is 3. The molecule has 0 fully saturated rings. The van der Waals surface area contributed by atoms with E-state index in [0.29, 0.717) is 5.84 Å². The van der Waals surface area contributed by atoms with Crippen LogP contribution in [0, 0.1) is 0 Å². The summed E-state index contributed by atoms with van der Waals surface area (Å²) in [4.78, 5) is 5.75. The van der Waals surface area contributed by atoms with E-state index < -0.39 is 0 Å². The van der Waals surface area contributed by atoms with E-state index in [-0.39, 0.29) is 74.1 Å². The number of nitrogens with zero attached hydrogens (tertiary/aromatic N) is 3. The van der Waals surface area contributed by atoms with Crippen molar-refractivity contribution in [3.05, 3.63) is 161 Å². The van der Waals surface area contributed by atoms with Gasteiger partial charge < -0.3 is 34.0 Å². The molecule has 0 bridgehead atoms. The summed E-state index contributed by atoms with van der Waals surface area (Å²) in [5.74, 6) is 2.48. The summed E-state index contributed by atoms with van der Waals surface area (Å²) in [6.45, 7) is 18.0. The van der Waals surface area contributed by atoms with Crippen LogP contribution in [0.4, 0.5) is 17.1 Å². The molecule has 0 unspecified atom stereocenters. The largest absolute Gasteiger partial charge is 1.00 e. The summed E-state index contributed by atoms with van der Waals surface area (Å²) < 4.78 is 2.23. The van der Waals surface area contributed by atoms with Gasteiger partial charge in [0.15, 0.2) is 11.5 Å². The normalized spacial score (nSPS) is 11.9. The Kier molecular flexibility index (Phi) is 17.1. The molecule has 272 valence electrons. The van der Waals surface area contributed by atoms with Gasteiger partial charge in [0, 0.05) is 33.2 Å². The van der Waals surface area contributed by atoms with Crippen molar-refractivity contribution in [3.63, 3.8) is 0 Å². The van der Waals surface area contributed by atoms with Crippen LogP contribution in [0.3, 0.4) is 0 Å². The van der Waals surface area contributed by atoms with Crippen molar-refractivity contribution in [2.75, 3.05) is 5.01 Å². The van der Waals surface area contributed by atoms with Crippen LogP contribution >= 0.6 is 0 Å². The van der Waals surface area contributed by atoms with Gasteiger partial charge in [0.25, 0.3) is 0 Å². The van der Waals surface area contributed by atoms with Crippen molar-refractivity contribution >= 4 is 28.7 Å². The second kappa shape index (κ2) is 19.9. The van der Waals surface area contributed by atoms with Gasteiger partial charge in [0.2, 0.25) is 0 Å². The fraction of sp³-hybridized carbons (Fsp3) is 0.273. The van der Waals surface area contributed by atoms with Gasteiger partial charge in [-0.1, -0.05) is 159 Å². The second-order valence-electron chi connectivity index (χ2n) is 13.7. The van der Waals surface area contributed by atoms with Gasteiger partial charge in [-0.3, -0.25) is 5.73 Å². The topological polar surface area (TPSA) is 44.6 Å². The quantitative estimate of drug-likeness (QED) is 0.0670. The molecule has 0 amide bonds. The van der Waals surface area contributed by atoms with E-state index in [4.69, 9.17) is 10.7 Å². The van der Waals surface area contributed by atoms with Gasteiger partial charge in [-0.05, 0) is 59.1 Å². The number of benzene rings is 5. The zero-order valence-electron chi connectivity index (χ0n) is 30.9. The van der Waals surface area contributed by atoms with Gasteiger partial charge in [0.1, 0.15) is 0 Å². The molecule has 5 aromatic carbocycles. The molecule has 0 spiro atoms. The number of hydrogen-bond acceptors (Lipinski definition) is 1. The molecule has 0 radical (unpaired) electrons. The molecule has 0 aromatic heterocycles. The number of anilines is 1. The first-order valence-corrected chi connectivity index (χ1v) is 17.3. The smallest absolute Gasteiger partial charge is 0.304 e. The average Bonchev–Trinajstić information content (AvgIpc) is 3.10. The number of nitrogens with two attached hydrogens (primary N) is 1. The molecule has 0 heterocycles. The van der Waals surface area contributed by atoms with Gasteiger partial charge in [-0.2, -0.15) is 5.01 Å². The average molecular weight is 854 g/mol. The summed E-state index contributed by atoms with van der Waals surface area (Å²) in [5, 5.41) is 2.24. The zero-order valence-corrected chi connectivity index (χ0v) is 35.1. The minimum Gasteiger partial charge on any atom is -1.00 e. The van der Waals surface area contributed by atoms with Crippen LogP contribution in [0.15, 0.2) is 132 Å². The molecule has 0 aliphatic heterocycles. The fourth-order valence-corrected chi connectivity index (χ4v) is 6.29. The number of rotatable bonds is 10. The predicted molar refractivity (Wildman–Crippen MR) is 205 cm³/mol. The van der Waals surface area contributed by atoms with E-state index in [1.54, 1.807) is 0 Å². The molecule has 0 saturated heterocycles. The summed E-state index contributed by atoms with van der Waals surface area (Å²) in [5.41, 5.74) is 17.3. The van der Waals surface area contributed by atoms with E-state index in [9.17, 15) is 0 Å². The molecule has 0 aliphatic carbocycles. The van der Waals surface area contributed by atoms with Crippen molar-refractivity contribution in [2.45, 2.75) is 79.1 Å². The Morgan fingerprint density at radius 3 is 1.29 bits per heavy atom. The number of amidine groups is 2. The maximum Gasteiger partial charge on any atom is 0.304 e. The zero-order chi connectivity index (χ0) is 34.4. The van der Waals surface area contributed by atoms with E-state index in [1.165, 1.54) is 22.3 Å². The number of hydrogen-bond donors (Lipinski definition) is 1. The Balaban J connectivity index is 0.00000300. The fourth-order valence-electron chi connectivity index (χ4n) is 6.29. The first-order valence-electron chi connectivity index (χ1n) is 17.3. The van der Waals surface area contributed by atoms with E-state index >= 15 is 0 Å². The summed E-state index contributed by atoms with van der Waals surface area (Å²) in [7, 11) is 0. The molecule has 5 aromatic rings. The Hall–Kier alpha value is -3.51. The monoisotopic (exact) mass is 851 g/mol. The SMILES string of the molecule is CC(C)c1cccc(C(C)C)c1N=C(c1ccccc1)N(c1ccccc1)[N+](=C(N)c1ccccc1)c1c(C(C)C)cccc1C(C)C.[Br-].[Br-].[Ni]. The molecular weight excluding hydrogens is 803 g/mol. The molecule has 0 aliphatic rings. The molecule has 0 saturated carbocycles. The van der Waals surface area contributed by atoms with Gasteiger partial charge in [-0.15, -0.1) is 4.68 Å². The molecular formula is C44H51Br2N4Ni-. The standard InChI is InChI=1S/C44H50N4.2BrH.Ni/c1-30(2)37-26-18-27-38(31(3)4)41(37)46-44(35-22-14-10-15-23-35)47(36-24-16-11-17-25-36)48(43(45)34-20-12-9-13-21-34)42-39(32(5)6)28-19-29-40(42)33(7)8;;;/h9-33,45H,1-8H3;2*1H;/p-1. The van der Waals surface area contributed by atoms with Gasteiger partial charge >= 0.3 is 5.84 Å². The van der Waals surface area contributed by atoms with E-state index in [0.717, 1.165) is 34.0 Å². The summed E-state index contributed by atoms with van der Waals surface area (Å²) >= 11 is 0. The molecule has 2 N–H and O–H groups in total. The van der Waals surface area contributed by atoms with Crippen LogP contribution in [-0.2, 0) is 16.5 Å². The van der Waals surface area contributed by atoms with Crippen LogP contribution < -0.4 is 44.7 Å². The van der Waals surface area contributed by atoms with E-state index in [2.05, 4.69) is 174 Å². The van der Waals surface area contributed by atoms with E-state index in [1.807, 2.05) is 18.2 Å². The van der Waals surface area contributed by atoms with Crippen LogP contribution in [0.25, 0.3) is 0 Å². The first kappa shape index (κ1) is 43.7. The molecule has 7 heteroatoms. The Morgan fingerprint density at radius 1 is 0.510 bits per heavy atom. The van der Waals surface area contributed by atoms with Gasteiger partial charge in [-0.25, -0.2) is 4.99 Å². The van der Waals surface area contributed by atoms with Crippen LogP contribution in [-0.4, -0.2) is 16.4 Å². The summed E-state index contributed by atoms with van der Waals surface area (Å²) in [6, 6.07) is 44.6. The third-order valence-electron chi connectivity index (χ3n) is 8.85. The molecule has 4 nitrogen and oxygen atoms in total. The maximum absolute atomic E-state index is 7.46. The van der Waals surface area contributed by atoms with Crippen molar-refractivity contribution in [1.82, 2.24) is 0 Å². The summed E-state index contributed by atoms with van der Waals surface area (Å²) in [6.07, 6.45) is 0. The first-order chi connectivity index (χ1) is 23.1. The van der Waals surface area contributed by atoms with Gasteiger partial charge in [0.05, 0.1) is 16.9 Å². The maximum atomic E-state index is 7.46. The molecule has 5 rings (SSSR count). The van der Waals surface area contributed by atoms with Crippen molar-refractivity contribution < 1.29 is 55.1 Å². The second-order valence-corrected chi connectivity index (χ2v) is 13.7. The number of aliphatic imine (C=N–C) groups is 1. The van der Waals surface area contributed by atoms with Crippen molar-refractivity contribution in [3.8, 4) is 0 Å². The molecule has 51 heavy (non-hydrogen) atoms. The van der Waals surface area contributed by atoms with Crippen molar-refractivity contribution in [1.29, 1.82) is 0 Å².